The topological polar surface area (TPSA) is 61.4 Å². The number of halogens is 2. The summed E-state index contributed by atoms with van der Waals surface area (Å²) in [5.74, 6) is -2.36. The van der Waals surface area contributed by atoms with E-state index in [0.29, 0.717) is 25.9 Å². The van der Waals surface area contributed by atoms with Crippen molar-refractivity contribution in [1.29, 1.82) is 0 Å². The Labute approximate surface area is 162 Å². The number of rotatable bonds is 5. The molecular formula is C21H23F2N3O2. The molecule has 0 radical (unpaired) electrons. The number of hydrogen-bond donors (Lipinski definition) is 2. The number of para-hydroxylation sites is 1. The van der Waals surface area contributed by atoms with Crippen LogP contribution in [0, 0.1) is 17.6 Å². The lowest BCUT2D eigenvalue weighted by molar-refractivity contribution is -0.123. The van der Waals surface area contributed by atoms with Crippen molar-refractivity contribution in [3.8, 4) is 0 Å². The molecule has 5 nitrogen and oxygen atoms in total. The van der Waals surface area contributed by atoms with Crippen LogP contribution in [-0.2, 0) is 9.59 Å². The molecule has 0 saturated carbocycles. The summed E-state index contributed by atoms with van der Waals surface area (Å²) in [7, 11) is 0. The lowest BCUT2D eigenvalue weighted by Crippen LogP contribution is -2.47. The summed E-state index contributed by atoms with van der Waals surface area (Å²) < 4.78 is 26.3. The average Bonchev–Trinajstić information content (AvgIpc) is 2.71. The fourth-order valence-corrected chi connectivity index (χ4v) is 3.30. The molecule has 2 aromatic rings. The Morgan fingerprint density at radius 2 is 1.64 bits per heavy atom. The van der Waals surface area contributed by atoms with Gasteiger partial charge in [-0.2, -0.15) is 0 Å². The molecule has 1 aliphatic heterocycles. The second-order valence-electron chi connectivity index (χ2n) is 6.96. The first-order valence-corrected chi connectivity index (χ1v) is 9.30. The third-order valence-electron chi connectivity index (χ3n) is 5.06. The highest BCUT2D eigenvalue weighted by Crippen LogP contribution is 2.22. The normalized spacial score (nSPS) is 16.4. The molecule has 28 heavy (non-hydrogen) atoms. The summed E-state index contributed by atoms with van der Waals surface area (Å²) in [6, 6.07) is 12.1. The molecule has 2 N–H and O–H groups in total. The third-order valence-corrected chi connectivity index (χ3v) is 5.06. The monoisotopic (exact) mass is 387 g/mol. The number of hydrogen-bond acceptors (Lipinski definition) is 3. The van der Waals surface area contributed by atoms with E-state index in [9.17, 15) is 18.4 Å². The summed E-state index contributed by atoms with van der Waals surface area (Å²) in [5, 5.41) is 5.53. The Kier molecular flexibility index (Phi) is 6.36. The van der Waals surface area contributed by atoms with Crippen LogP contribution in [0.3, 0.4) is 0 Å². The summed E-state index contributed by atoms with van der Waals surface area (Å²) in [6.45, 7) is 2.98. The molecule has 3 rings (SSSR count). The number of carbonyl (C=O) groups excluding carboxylic acids is 2. The molecule has 0 unspecified atom stereocenters. The molecular weight excluding hydrogens is 364 g/mol. The van der Waals surface area contributed by atoms with Crippen LogP contribution in [0.25, 0.3) is 0 Å². The van der Waals surface area contributed by atoms with Crippen molar-refractivity contribution in [2.24, 2.45) is 5.92 Å². The molecule has 0 spiro atoms. The smallest absolute Gasteiger partial charge is 0.241 e. The van der Waals surface area contributed by atoms with Gasteiger partial charge < -0.3 is 10.6 Å². The minimum absolute atomic E-state index is 0.00950. The zero-order chi connectivity index (χ0) is 20.1. The van der Waals surface area contributed by atoms with E-state index < -0.39 is 17.7 Å². The zero-order valence-corrected chi connectivity index (χ0v) is 15.6. The highest BCUT2D eigenvalue weighted by Gasteiger charge is 2.29. The number of carbonyl (C=O) groups is 2. The van der Waals surface area contributed by atoms with Gasteiger partial charge in [0.15, 0.2) is 11.6 Å². The molecule has 0 bridgehead atoms. The largest absolute Gasteiger partial charge is 0.326 e. The van der Waals surface area contributed by atoms with E-state index in [1.807, 2.05) is 35.2 Å². The van der Waals surface area contributed by atoms with E-state index in [4.69, 9.17) is 0 Å². The van der Waals surface area contributed by atoms with E-state index in [2.05, 4.69) is 10.6 Å². The summed E-state index contributed by atoms with van der Waals surface area (Å²) in [6.07, 6.45) is 1.31. The fourth-order valence-electron chi connectivity index (χ4n) is 3.30. The lowest BCUT2D eigenvalue weighted by atomic mass is 9.94. The van der Waals surface area contributed by atoms with Crippen LogP contribution < -0.4 is 10.6 Å². The van der Waals surface area contributed by atoms with Gasteiger partial charge in [-0.1, -0.05) is 18.2 Å². The second-order valence-corrected chi connectivity index (χ2v) is 6.96. The number of benzene rings is 2. The molecule has 1 saturated heterocycles. The average molecular weight is 387 g/mol. The second kappa shape index (κ2) is 8.93. The van der Waals surface area contributed by atoms with Gasteiger partial charge in [0.25, 0.3) is 0 Å². The van der Waals surface area contributed by atoms with Crippen LogP contribution in [0.2, 0.25) is 0 Å². The zero-order valence-electron chi connectivity index (χ0n) is 15.6. The van der Waals surface area contributed by atoms with Crippen LogP contribution in [0.1, 0.15) is 19.8 Å². The molecule has 1 heterocycles. The van der Waals surface area contributed by atoms with E-state index in [-0.39, 0.29) is 23.4 Å². The van der Waals surface area contributed by atoms with Crippen LogP contribution in [0.4, 0.5) is 20.2 Å². The standard InChI is InChI=1S/C21H23F2N3O2/c1-14(20(27)25-17-7-8-18(22)19(23)13-17)26-11-9-15(10-12-26)21(28)24-16-5-3-2-4-6-16/h2-8,13-15H,9-12H2,1H3,(H,24,28)(H,25,27)/t14-/m1/s1. The highest BCUT2D eigenvalue weighted by molar-refractivity contribution is 5.95. The van der Waals surface area contributed by atoms with Crippen molar-refractivity contribution in [3.05, 3.63) is 60.2 Å². The first-order valence-electron chi connectivity index (χ1n) is 9.30. The van der Waals surface area contributed by atoms with Crippen molar-refractivity contribution >= 4 is 23.2 Å². The molecule has 1 fully saturated rings. The summed E-state index contributed by atoms with van der Waals surface area (Å²) >= 11 is 0. The maximum atomic E-state index is 13.3. The number of amides is 2. The molecule has 1 atom stereocenters. The minimum Gasteiger partial charge on any atom is -0.326 e. The molecule has 0 aromatic heterocycles. The maximum absolute atomic E-state index is 13.3. The van der Waals surface area contributed by atoms with E-state index in [0.717, 1.165) is 17.8 Å². The lowest BCUT2D eigenvalue weighted by Gasteiger charge is -2.34. The van der Waals surface area contributed by atoms with Gasteiger partial charge in [-0.25, -0.2) is 8.78 Å². The molecule has 7 heteroatoms. The van der Waals surface area contributed by atoms with Gasteiger partial charge in [0.05, 0.1) is 6.04 Å². The first kappa shape index (κ1) is 19.9. The van der Waals surface area contributed by atoms with Crippen molar-refractivity contribution in [3.63, 3.8) is 0 Å². The number of likely N-dealkylation sites (tertiary alicyclic amines) is 1. The minimum atomic E-state index is -1.00. The quantitative estimate of drug-likeness (QED) is 0.823. The fraction of sp³-hybridized carbons (Fsp3) is 0.333. The Balaban J connectivity index is 1.50. The first-order chi connectivity index (χ1) is 13.4. The van der Waals surface area contributed by atoms with Gasteiger partial charge in [0.2, 0.25) is 11.8 Å². The summed E-state index contributed by atoms with van der Waals surface area (Å²) in [4.78, 5) is 26.8. The number of nitrogens with zero attached hydrogens (tertiary/aromatic N) is 1. The number of piperidine rings is 1. The van der Waals surface area contributed by atoms with Crippen molar-refractivity contribution in [2.45, 2.75) is 25.8 Å². The van der Waals surface area contributed by atoms with Crippen molar-refractivity contribution in [2.75, 3.05) is 23.7 Å². The van der Waals surface area contributed by atoms with Crippen molar-refractivity contribution in [1.82, 2.24) is 4.90 Å². The Morgan fingerprint density at radius 1 is 0.964 bits per heavy atom. The van der Waals surface area contributed by atoms with Gasteiger partial charge in [0.1, 0.15) is 0 Å². The van der Waals surface area contributed by atoms with E-state index >= 15 is 0 Å². The molecule has 2 amide bonds. The van der Waals surface area contributed by atoms with Crippen molar-refractivity contribution < 1.29 is 18.4 Å². The molecule has 2 aromatic carbocycles. The van der Waals surface area contributed by atoms with Gasteiger partial charge in [-0.15, -0.1) is 0 Å². The number of anilines is 2. The Bertz CT molecular complexity index is 837. The van der Waals surface area contributed by atoms with Gasteiger partial charge in [-0.3, -0.25) is 14.5 Å². The van der Waals surface area contributed by atoms with Crippen LogP contribution >= 0.6 is 0 Å². The Hall–Kier alpha value is -2.80. The van der Waals surface area contributed by atoms with Gasteiger partial charge >= 0.3 is 0 Å². The third kappa shape index (κ3) is 4.92. The predicted molar refractivity (Wildman–Crippen MR) is 104 cm³/mol. The summed E-state index contributed by atoms with van der Waals surface area (Å²) in [5.41, 5.74) is 0.988. The Morgan fingerprint density at radius 3 is 2.29 bits per heavy atom. The predicted octanol–water partition coefficient (Wildman–Crippen LogP) is 3.64. The van der Waals surface area contributed by atoms with Crippen LogP contribution in [0.5, 0.6) is 0 Å². The highest BCUT2D eigenvalue weighted by atomic mass is 19.2. The van der Waals surface area contributed by atoms with Gasteiger partial charge in [0, 0.05) is 23.4 Å². The SMILES string of the molecule is C[C@H](C(=O)Nc1ccc(F)c(F)c1)N1CCC(C(=O)Nc2ccccc2)CC1. The van der Waals surface area contributed by atoms with Crippen LogP contribution in [0.15, 0.2) is 48.5 Å². The maximum Gasteiger partial charge on any atom is 0.241 e. The molecule has 1 aliphatic rings. The number of nitrogens with one attached hydrogen (secondary N) is 2. The molecule has 148 valence electrons. The van der Waals surface area contributed by atoms with Gasteiger partial charge in [-0.05, 0) is 57.1 Å². The molecule has 0 aliphatic carbocycles. The van der Waals surface area contributed by atoms with Crippen LogP contribution in [-0.4, -0.2) is 35.8 Å². The van der Waals surface area contributed by atoms with E-state index in [1.54, 1.807) is 6.92 Å². The van der Waals surface area contributed by atoms with E-state index in [1.165, 1.54) is 6.07 Å².